The standard InChI is InChI=1S/C14H20BrClFN/c1-4-18-9-14(2,3)6-5-10-7-12(16)11(15)8-13(10)17/h7-8,18H,4-6,9H2,1-3H3. The van der Waals surface area contributed by atoms with Crippen molar-refractivity contribution in [2.45, 2.75) is 33.6 Å². The molecule has 1 nitrogen and oxygen atoms in total. The van der Waals surface area contributed by atoms with Crippen LogP contribution in [0.1, 0.15) is 32.8 Å². The number of rotatable bonds is 6. The van der Waals surface area contributed by atoms with Crippen LogP contribution < -0.4 is 5.32 Å². The second-order valence-electron chi connectivity index (χ2n) is 5.30. The molecule has 0 aliphatic heterocycles. The first-order valence-electron chi connectivity index (χ1n) is 6.20. The maximum Gasteiger partial charge on any atom is 0.127 e. The van der Waals surface area contributed by atoms with Gasteiger partial charge in [-0.1, -0.05) is 32.4 Å². The van der Waals surface area contributed by atoms with E-state index in [1.54, 1.807) is 6.07 Å². The van der Waals surface area contributed by atoms with Crippen molar-refractivity contribution in [2.24, 2.45) is 5.41 Å². The molecule has 1 aromatic rings. The van der Waals surface area contributed by atoms with E-state index in [9.17, 15) is 4.39 Å². The van der Waals surface area contributed by atoms with Crippen molar-refractivity contribution in [1.82, 2.24) is 5.32 Å². The first kappa shape index (κ1) is 15.9. The van der Waals surface area contributed by atoms with Gasteiger partial charge in [-0.25, -0.2) is 4.39 Å². The average molecular weight is 337 g/mol. The number of hydrogen-bond acceptors (Lipinski definition) is 1. The number of halogens is 3. The van der Waals surface area contributed by atoms with Gasteiger partial charge in [0.25, 0.3) is 0 Å². The van der Waals surface area contributed by atoms with Gasteiger partial charge in [0.15, 0.2) is 0 Å². The molecule has 0 aliphatic carbocycles. The van der Waals surface area contributed by atoms with Crippen LogP contribution in [0.5, 0.6) is 0 Å². The molecule has 0 fully saturated rings. The average Bonchev–Trinajstić information content (AvgIpc) is 2.30. The molecular weight excluding hydrogens is 317 g/mol. The van der Waals surface area contributed by atoms with E-state index in [2.05, 4.69) is 42.0 Å². The predicted octanol–water partition coefficient (Wildman–Crippen LogP) is 4.81. The molecule has 0 radical (unpaired) electrons. The summed E-state index contributed by atoms with van der Waals surface area (Å²) in [5.74, 6) is -0.189. The summed E-state index contributed by atoms with van der Waals surface area (Å²) in [6, 6.07) is 3.15. The predicted molar refractivity (Wildman–Crippen MR) is 79.8 cm³/mol. The molecule has 0 aromatic heterocycles. The Hall–Kier alpha value is -0.120. The van der Waals surface area contributed by atoms with Gasteiger partial charge in [0.1, 0.15) is 5.82 Å². The van der Waals surface area contributed by atoms with Crippen LogP contribution in [0.25, 0.3) is 0 Å². The van der Waals surface area contributed by atoms with Gasteiger partial charge in [0, 0.05) is 11.0 Å². The van der Waals surface area contributed by atoms with E-state index in [1.165, 1.54) is 6.07 Å². The zero-order valence-corrected chi connectivity index (χ0v) is 13.5. The van der Waals surface area contributed by atoms with Crippen LogP contribution in [0, 0.1) is 11.2 Å². The highest BCUT2D eigenvalue weighted by Crippen LogP contribution is 2.28. The molecule has 1 rings (SSSR count). The lowest BCUT2D eigenvalue weighted by atomic mass is 9.86. The molecule has 0 unspecified atom stereocenters. The van der Waals surface area contributed by atoms with Crippen LogP contribution in [-0.2, 0) is 6.42 Å². The summed E-state index contributed by atoms with van der Waals surface area (Å²) in [6.07, 6.45) is 1.63. The topological polar surface area (TPSA) is 12.0 Å². The van der Waals surface area contributed by atoms with Gasteiger partial charge in [-0.2, -0.15) is 0 Å². The lowest BCUT2D eigenvalue weighted by Gasteiger charge is -2.25. The smallest absolute Gasteiger partial charge is 0.127 e. The Balaban J connectivity index is 2.66. The zero-order chi connectivity index (χ0) is 13.8. The monoisotopic (exact) mass is 335 g/mol. The van der Waals surface area contributed by atoms with Gasteiger partial charge in [-0.15, -0.1) is 0 Å². The Kier molecular flexibility index (Phi) is 6.09. The molecule has 0 spiro atoms. The minimum Gasteiger partial charge on any atom is -0.316 e. The summed E-state index contributed by atoms with van der Waals surface area (Å²) < 4.78 is 14.4. The third-order valence-electron chi connectivity index (χ3n) is 3.01. The molecular formula is C14H20BrClFN. The maximum atomic E-state index is 13.8. The Morgan fingerprint density at radius 2 is 2.06 bits per heavy atom. The summed E-state index contributed by atoms with van der Waals surface area (Å²) in [5.41, 5.74) is 0.843. The molecule has 1 aromatic carbocycles. The van der Waals surface area contributed by atoms with Crippen molar-refractivity contribution in [3.8, 4) is 0 Å². The van der Waals surface area contributed by atoms with Crippen LogP contribution >= 0.6 is 27.5 Å². The third-order valence-corrected chi connectivity index (χ3v) is 4.21. The number of hydrogen-bond donors (Lipinski definition) is 1. The summed E-state index contributed by atoms with van der Waals surface area (Å²) in [4.78, 5) is 0. The van der Waals surface area contributed by atoms with Gasteiger partial charge in [-0.05, 0) is 58.4 Å². The Bertz CT molecular complexity index is 407. The Labute approximate surface area is 122 Å². The number of benzene rings is 1. The molecule has 102 valence electrons. The number of aryl methyl sites for hydroxylation is 1. The lowest BCUT2D eigenvalue weighted by molar-refractivity contribution is 0.316. The van der Waals surface area contributed by atoms with E-state index < -0.39 is 0 Å². The van der Waals surface area contributed by atoms with E-state index in [1.807, 2.05) is 0 Å². The minimum atomic E-state index is -0.189. The van der Waals surface area contributed by atoms with Gasteiger partial charge in [0.05, 0.1) is 5.02 Å². The summed E-state index contributed by atoms with van der Waals surface area (Å²) >= 11 is 9.22. The minimum absolute atomic E-state index is 0.155. The normalized spacial score (nSPS) is 11.9. The van der Waals surface area contributed by atoms with E-state index in [-0.39, 0.29) is 11.2 Å². The molecule has 0 saturated carbocycles. The zero-order valence-electron chi connectivity index (χ0n) is 11.1. The highest BCUT2D eigenvalue weighted by Gasteiger charge is 2.18. The van der Waals surface area contributed by atoms with Crippen LogP contribution in [-0.4, -0.2) is 13.1 Å². The van der Waals surface area contributed by atoms with Gasteiger partial charge in [0.2, 0.25) is 0 Å². The van der Waals surface area contributed by atoms with E-state index in [0.717, 1.165) is 19.5 Å². The molecule has 0 amide bonds. The van der Waals surface area contributed by atoms with Crippen molar-refractivity contribution in [1.29, 1.82) is 0 Å². The van der Waals surface area contributed by atoms with E-state index in [0.29, 0.717) is 21.5 Å². The van der Waals surface area contributed by atoms with Crippen LogP contribution in [0.15, 0.2) is 16.6 Å². The molecule has 0 atom stereocenters. The molecule has 0 bridgehead atoms. The second kappa shape index (κ2) is 6.88. The van der Waals surface area contributed by atoms with Crippen molar-refractivity contribution >= 4 is 27.5 Å². The van der Waals surface area contributed by atoms with Gasteiger partial charge >= 0.3 is 0 Å². The fraction of sp³-hybridized carbons (Fsp3) is 0.571. The molecule has 18 heavy (non-hydrogen) atoms. The van der Waals surface area contributed by atoms with Crippen LogP contribution in [0.2, 0.25) is 5.02 Å². The number of nitrogens with one attached hydrogen (secondary N) is 1. The fourth-order valence-electron chi connectivity index (χ4n) is 1.78. The van der Waals surface area contributed by atoms with Gasteiger partial charge < -0.3 is 5.32 Å². The van der Waals surface area contributed by atoms with E-state index in [4.69, 9.17) is 11.6 Å². The summed E-state index contributed by atoms with van der Waals surface area (Å²) in [5, 5.41) is 3.90. The summed E-state index contributed by atoms with van der Waals surface area (Å²) in [6.45, 7) is 8.36. The molecule has 4 heteroatoms. The quantitative estimate of drug-likeness (QED) is 0.735. The van der Waals surface area contributed by atoms with Crippen molar-refractivity contribution in [2.75, 3.05) is 13.1 Å². The van der Waals surface area contributed by atoms with Gasteiger partial charge in [-0.3, -0.25) is 0 Å². The summed E-state index contributed by atoms with van der Waals surface area (Å²) in [7, 11) is 0. The Morgan fingerprint density at radius 3 is 2.67 bits per heavy atom. The molecule has 0 saturated heterocycles. The fourth-order valence-corrected chi connectivity index (χ4v) is 2.28. The lowest BCUT2D eigenvalue weighted by Crippen LogP contribution is -2.29. The highest BCUT2D eigenvalue weighted by molar-refractivity contribution is 9.10. The van der Waals surface area contributed by atoms with Crippen molar-refractivity contribution < 1.29 is 4.39 Å². The van der Waals surface area contributed by atoms with E-state index >= 15 is 0 Å². The third kappa shape index (κ3) is 4.87. The second-order valence-corrected chi connectivity index (χ2v) is 6.56. The molecule has 0 heterocycles. The van der Waals surface area contributed by atoms with Crippen molar-refractivity contribution in [3.63, 3.8) is 0 Å². The maximum absolute atomic E-state index is 13.8. The Morgan fingerprint density at radius 1 is 1.39 bits per heavy atom. The first-order valence-corrected chi connectivity index (χ1v) is 7.37. The largest absolute Gasteiger partial charge is 0.316 e. The van der Waals surface area contributed by atoms with Crippen LogP contribution in [0.3, 0.4) is 0 Å². The SMILES string of the molecule is CCNCC(C)(C)CCc1cc(Cl)c(Br)cc1F. The molecule has 0 aliphatic rings. The molecule has 1 N–H and O–H groups in total. The van der Waals surface area contributed by atoms with Crippen LogP contribution in [0.4, 0.5) is 4.39 Å². The highest BCUT2D eigenvalue weighted by atomic mass is 79.9. The first-order chi connectivity index (χ1) is 8.35. The van der Waals surface area contributed by atoms with Crippen molar-refractivity contribution in [3.05, 3.63) is 33.0 Å².